The van der Waals surface area contributed by atoms with Gasteiger partial charge in [0.2, 0.25) is 0 Å². The van der Waals surface area contributed by atoms with E-state index in [0.717, 1.165) is 10.6 Å². The van der Waals surface area contributed by atoms with Gasteiger partial charge in [0.1, 0.15) is 5.75 Å². The first-order valence-electron chi connectivity index (χ1n) is 5.07. The van der Waals surface area contributed by atoms with E-state index in [1.165, 1.54) is 0 Å². The summed E-state index contributed by atoms with van der Waals surface area (Å²) >= 11 is 1.60. The summed E-state index contributed by atoms with van der Waals surface area (Å²) in [7, 11) is 0. The van der Waals surface area contributed by atoms with Crippen molar-refractivity contribution in [1.82, 2.24) is 0 Å². The van der Waals surface area contributed by atoms with Crippen LogP contribution in [0.1, 0.15) is 30.6 Å². The van der Waals surface area contributed by atoms with Crippen LogP contribution in [0.15, 0.2) is 23.1 Å². The Kier molecular flexibility index (Phi) is 4.69. The second-order valence-electron chi connectivity index (χ2n) is 3.05. The molecule has 0 bridgehead atoms. The topological polar surface area (TPSA) is 26.3 Å². The molecule has 0 radical (unpaired) electrons. The first-order valence-corrected chi connectivity index (χ1v) is 6.30. The monoisotopic (exact) mass is 224 g/mol. The Bertz CT molecular complexity index is 347. The maximum atomic E-state index is 11.7. The fourth-order valence-electron chi connectivity index (χ4n) is 1.38. The summed E-state index contributed by atoms with van der Waals surface area (Å²) in [5, 5.41) is 0. The van der Waals surface area contributed by atoms with Gasteiger partial charge in [-0.3, -0.25) is 4.79 Å². The van der Waals surface area contributed by atoms with E-state index in [0.29, 0.717) is 18.6 Å². The molecular weight excluding hydrogens is 208 g/mol. The van der Waals surface area contributed by atoms with E-state index >= 15 is 0 Å². The average Bonchev–Trinajstić information content (AvgIpc) is 2.28. The number of Topliss-reactive ketones (excluding diaryl/α,β-unsaturated/α-hetero) is 1. The standard InChI is InChI=1S/C12H16O2S/c1-4-10(13)9-7-6-8-11(15-3)12(9)14-5-2/h6-8H,4-5H2,1-3H3. The third-order valence-electron chi connectivity index (χ3n) is 2.11. The molecule has 0 amide bonds. The third-order valence-corrected chi connectivity index (χ3v) is 2.87. The number of carbonyl (C=O) groups excluding carboxylic acids is 1. The van der Waals surface area contributed by atoms with Gasteiger partial charge in [-0.25, -0.2) is 0 Å². The summed E-state index contributed by atoms with van der Waals surface area (Å²) in [5.74, 6) is 0.869. The zero-order valence-electron chi connectivity index (χ0n) is 9.37. The van der Waals surface area contributed by atoms with Crippen molar-refractivity contribution in [2.24, 2.45) is 0 Å². The number of para-hydroxylation sites is 1. The van der Waals surface area contributed by atoms with E-state index in [2.05, 4.69) is 0 Å². The molecule has 0 aliphatic rings. The van der Waals surface area contributed by atoms with Gasteiger partial charge < -0.3 is 4.74 Å². The highest BCUT2D eigenvalue weighted by atomic mass is 32.2. The van der Waals surface area contributed by atoms with Crippen molar-refractivity contribution < 1.29 is 9.53 Å². The molecule has 0 aliphatic heterocycles. The van der Waals surface area contributed by atoms with Gasteiger partial charge in [-0.2, -0.15) is 0 Å². The SMILES string of the molecule is CCOc1c(SC)cccc1C(=O)CC. The second-order valence-corrected chi connectivity index (χ2v) is 3.89. The molecule has 0 atom stereocenters. The zero-order chi connectivity index (χ0) is 11.3. The molecule has 0 N–H and O–H groups in total. The Labute approximate surface area is 95.0 Å². The lowest BCUT2D eigenvalue weighted by atomic mass is 10.1. The Balaban J connectivity index is 3.18. The van der Waals surface area contributed by atoms with Crippen LogP contribution in [0.3, 0.4) is 0 Å². The maximum absolute atomic E-state index is 11.7. The van der Waals surface area contributed by atoms with E-state index in [1.807, 2.05) is 38.3 Å². The summed E-state index contributed by atoms with van der Waals surface area (Å²) in [5.41, 5.74) is 0.700. The summed E-state index contributed by atoms with van der Waals surface area (Å²) in [6.45, 7) is 4.38. The molecule has 0 saturated carbocycles. The molecule has 1 aromatic rings. The van der Waals surface area contributed by atoms with Crippen LogP contribution >= 0.6 is 11.8 Å². The van der Waals surface area contributed by atoms with Crippen LogP contribution in [-0.4, -0.2) is 18.6 Å². The van der Waals surface area contributed by atoms with Crippen LogP contribution in [0.5, 0.6) is 5.75 Å². The first-order chi connectivity index (χ1) is 7.24. The minimum absolute atomic E-state index is 0.134. The highest BCUT2D eigenvalue weighted by molar-refractivity contribution is 7.98. The van der Waals surface area contributed by atoms with Crippen LogP contribution in [0.2, 0.25) is 0 Å². The van der Waals surface area contributed by atoms with Gasteiger partial charge >= 0.3 is 0 Å². The fourth-order valence-corrected chi connectivity index (χ4v) is 1.95. The zero-order valence-corrected chi connectivity index (χ0v) is 10.2. The number of carbonyl (C=O) groups is 1. The van der Waals surface area contributed by atoms with E-state index in [9.17, 15) is 4.79 Å². The molecule has 0 aliphatic carbocycles. The Morgan fingerprint density at radius 3 is 2.67 bits per heavy atom. The van der Waals surface area contributed by atoms with Crippen molar-refractivity contribution in [3.05, 3.63) is 23.8 Å². The van der Waals surface area contributed by atoms with Crippen molar-refractivity contribution in [3.63, 3.8) is 0 Å². The van der Waals surface area contributed by atoms with Gasteiger partial charge in [-0.1, -0.05) is 13.0 Å². The average molecular weight is 224 g/mol. The van der Waals surface area contributed by atoms with Crippen LogP contribution in [0.25, 0.3) is 0 Å². The molecule has 0 aromatic heterocycles. The van der Waals surface area contributed by atoms with Gasteiger partial charge in [0.05, 0.1) is 12.2 Å². The molecule has 1 rings (SSSR count). The van der Waals surface area contributed by atoms with Gasteiger partial charge in [0.15, 0.2) is 5.78 Å². The van der Waals surface area contributed by atoms with Gasteiger partial charge in [0, 0.05) is 11.3 Å². The van der Waals surface area contributed by atoms with E-state index < -0.39 is 0 Å². The van der Waals surface area contributed by atoms with Crippen molar-refractivity contribution in [1.29, 1.82) is 0 Å². The number of benzene rings is 1. The predicted octanol–water partition coefficient (Wildman–Crippen LogP) is 3.40. The smallest absolute Gasteiger partial charge is 0.166 e. The van der Waals surface area contributed by atoms with Crippen LogP contribution < -0.4 is 4.74 Å². The quantitative estimate of drug-likeness (QED) is 0.566. The van der Waals surface area contributed by atoms with Crippen LogP contribution in [0.4, 0.5) is 0 Å². The van der Waals surface area contributed by atoms with Crippen molar-refractivity contribution in [2.75, 3.05) is 12.9 Å². The third kappa shape index (κ3) is 2.75. The molecule has 0 spiro atoms. The lowest BCUT2D eigenvalue weighted by molar-refractivity contribution is 0.0984. The highest BCUT2D eigenvalue weighted by Crippen LogP contribution is 2.31. The molecule has 2 nitrogen and oxygen atoms in total. The Morgan fingerprint density at radius 1 is 1.40 bits per heavy atom. The van der Waals surface area contributed by atoms with E-state index in [1.54, 1.807) is 11.8 Å². The van der Waals surface area contributed by atoms with Crippen molar-refractivity contribution in [3.8, 4) is 5.75 Å². The summed E-state index contributed by atoms with van der Waals surface area (Å²) in [4.78, 5) is 12.7. The largest absolute Gasteiger partial charge is 0.492 e. The van der Waals surface area contributed by atoms with Crippen LogP contribution in [-0.2, 0) is 0 Å². The fraction of sp³-hybridized carbons (Fsp3) is 0.417. The minimum Gasteiger partial charge on any atom is -0.492 e. The van der Waals surface area contributed by atoms with Crippen LogP contribution in [0, 0.1) is 0 Å². The molecule has 15 heavy (non-hydrogen) atoms. The molecule has 0 saturated heterocycles. The first kappa shape index (κ1) is 12.1. The highest BCUT2D eigenvalue weighted by Gasteiger charge is 2.13. The minimum atomic E-state index is 0.134. The number of rotatable bonds is 5. The van der Waals surface area contributed by atoms with E-state index in [4.69, 9.17) is 4.74 Å². The Morgan fingerprint density at radius 2 is 2.13 bits per heavy atom. The van der Waals surface area contributed by atoms with Gasteiger partial charge in [-0.05, 0) is 25.3 Å². The Hall–Kier alpha value is -0.960. The normalized spacial score (nSPS) is 10.1. The number of hydrogen-bond donors (Lipinski definition) is 0. The van der Waals surface area contributed by atoms with Crippen molar-refractivity contribution in [2.45, 2.75) is 25.2 Å². The van der Waals surface area contributed by atoms with E-state index in [-0.39, 0.29) is 5.78 Å². The predicted molar refractivity (Wildman–Crippen MR) is 64.0 cm³/mol. The molecule has 3 heteroatoms. The van der Waals surface area contributed by atoms with Gasteiger partial charge in [-0.15, -0.1) is 11.8 Å². The molecular formula is C12H16O2S. The molecule has 1 aromatic carbocycles. The van der Waals surface area contributed by atoms with Gasteiger partial charge in [0.25, 0.3) is 0 Å². The summed E-state index contributed by atoms with van der Waals surface area (Å²) in [6.07, 6.45) is 2.50. The molecule has 0 fully saturated rings. The number of ketones is 1. The number of ether oxygens (including phenoxy) is 1. The van der Waals surface area contributed by atoms with Crippen molar-refractivity contribution >= 4 is 17.5 Å². The summed E-state index contributed by atoms with van der Waals surface area (Å²) < 4.78 is 5.54. The maximum Gasteiger partial charge on any atom is 0.166 e. The summed E-state index contributed by atoms with van der Waals surface area (Å²) in [6, 6.07) is 5.70. The number of thioether (sulfide) groups is 1. The molecule has 82 valence electrons. The molecule has 0 unspecified atom stereocenters. The lowest BCUT2D eigenvalue weighted by Gasteiger charge is -2.12. The molecule has 0 heterocycles. The number of hydrogen-bond acceptors (Lipinski definition) is 3. The lowest BCUT2D eigenvalue weighted by Crippen LogP contribution is -2.03. The second kappa shape index (κ2) is 5.81.